The van der Waals surface area contributed by atoms with Crippen molar-refractivity contribution in [3.05, 3.63) is 35.7 Å². The first-order chi connectivity index (χ1) is 14.4. The van der Waals surface area contributed by atoms with E-state index < -0.39 is 11.7 Å². The zero-order chi connectivity index (χ0) is 23.3. The average molecular weight is 433 g/mol. The molecule has 0 radical (unpaired) electrons. The predicted octanol–water partition coefficient (Wildman–Crippen LogP) is 2.50. The number of nitrogens with zero attached hydrogens (tertiary/aromatic N) is 3. The number of likely N-dealkylation sites (N-methyl/N-ethyl adjacent to an activating group) is 2. The van der Waals surface area contributed by atoms with Gasteiger partial charge in [0.1, 0.15) is 12.1 Å². The number of amides is 3. The van der Waals surface area contributed by atoms with Crippen molar-refractivity contribution in [1.82, 2.24) is 20.0 Å². The Morgan fingerprint density at radius 1 is 1.23 bits per heavy atom. The molecule has 2 heterocycles. The fourth-order valence-corrected chi connectivity index (χ4v) is 3.52. The molecule has 0 aromatic heterocycles. The Labute approximate surface area is 185 Å². The molecule has 0 aliphatic carbocycles. The van der Waals surface area contributed by atoms with Crippen LogP contribution in [-0.4, -0.2) is 78.0 Å². The van der Waals surface area contributed by atoms with E-state index in [1.165, 1.54) is 4.90 Å². The van der Waals surface area contributed by atoms with Gasteiger partial charge in [0.05, 0.1) is 5.57 Å². The Morgan fingerprint density at radius 2 is 1.90 bits per heavy atom. The Hall–Kier alpha value is -2.77. The van der Waals surface area contributed by atoms with Crippen molar-refractivity contribution in [3.63, 3.8) is 0 Å². The number of rotatable bonds is 5. The van der Waals surface area contributed by atoms with E-state index in [9.17, 15) is 14.4 Å². The normalized spacial score (nSPS) is 20.5. The van der Waals surface area contributed by atoms with Crippen LogP contribution in [0.3, 0.4) is 0 Å². The second kappa shape index (κ2) is 10.0. The Balaban J connectivity index is 1.92. The van der Waals surface area contributed by atoms with Gasteiger partial charge in [-0.1, -0.05) is 13.0 Å². The zero-order valence-corrected chi connectivity index (χ0v) is 19.8. The number of hydrogen-bond donors (Lipinski definition) is 1. The van der Waals surface area contributed by atoms with Crippen LogP contribution < -0.4 is 5.32 Å². The van der Waals surface area contributed by atoms with E-state index in [-0.39, 0.29) is 30.3 Å². The molecular formula is C23H36N4O4. The van der Waals surface area contributed by atoms with Gasteiger partial charge in [-0.25, -0.2) is 4.79 Å². The summed E-state index contributed by atoms with van der Waals surface area (Å²) in [5.41, 5.74) is 1.04. The molecule has 0 aromatic carbocycles. The van der Waals surface area contributed by atoms with Crippen LogP contribution in [0.5, 0.6) is 0 Å². The number of allylic oxidation sites excluding steroid dienone is 2. The van der Waals surface area contributed by atoms with Crippen LogP contribution in [0.25, 0.3) is 0 Å². The van der Waals surface area contributed by atoms with E-state index >= 15 is 0 Å². The van der Waals surface area contributed by atoms with Crippen molar-refractivity contribution >= 4 is 17.9 Å². The SMILES string of the molecule is CNC(=O)C1=CN(C)/C(=C/CC(C)C(C)N2CCN(C(=O)OC(C)(C)C)CC2=O)C=C1. The van der Waals surface area contributed by atoms with Crippen LogP contribution in [0.15, 0.2) is 35.7 Å². The molecule has 31 heavy (non-hydrogen) atoms. The van der Waals surface area contributed by atoms with Crippen molar-refractivity contribution in [2.45, 2.75) is 52.7 Å². The van der Waals surface area contributed by atoms with E-state index in [0.29, 0.717) is 18.7 Å². The number of ether oxygens (including phenoxy) is 1. The van der Waals surface area contributed by atoms with Crippen molar-refractivity contribution in [2.75, 3.05) is 33.7 Å². The van der Waals surface area contributed by atoms with Crippen molar-refractivity contribution in [2.24, 2.45) is 5.92 Å². The second-order valence-corrected chi connectivity index (χ2v) is 9.18. The number of carbonyl (C=O) groups is 3. The Bertz CT molecular complexity index is 794. The fraction of sp³-hybridized carbons (Fsp3) is 0.609. The fourth-order valence-electron chi connectivity index (χ4n) is 3.52. The van der Waals surface area contributed by atoms with Gasteiger partial charge in [0.15, 0.2) is 0 Å². The van der Waals surface area contributed by atoms with E-state index in [4.69, 9.17) is 4.74 Å². The van der Waals surface area contributed by atoms with Gasteiger partial charge in [-0.2, -0.15) is 0 Å². The summed E-state index contributed by atoms with van der Waals surface area (Å²) in [5, 5.41) is 2.62. The lowest BCUT2D eigenvalue weighted by atomic mass is 9.96. The van der Waals surface area contributed by atoms with Gasteiger partial charge in [-0.15, -0.1) is 0 Å². The summed E-state index contributed by atoms with van der Waals surface area (Å²) in [6, 6.07) is 0.0417. The molecule has 1 N–H and O–H groups in total. The minimum atomic E-state index is -0.580. The lowest BCUT2D eigenvalue weighted by molar-refractivity contribution is -0.139. The average Bonchev–Trinajstić information content (AvgIpc) is 2.70. The molecule has 2 atom stereocenters. The third-order valence-electron chi connectivity index (χ3n) is 5.59. The third-order valence-corrected chi connectivity index (χ3v) is 5.59. The van der Waals surface area contributed by atoms with E-state index in [1.807, 2.05) is 50.6 Å². The first kappa shape index (κ1) is 24.5. The van der Waals surface area contributed by atoms with Crippen molar-refractivity contribution < 1.29 is 19.1 Å². The van der Waals surface area contributed by atoms with Crippen LogP contribution in [-0.2, 0) is 14.3 Å². The molecule has 0 saturated carbocycles. The monoisotopic (exact) mass is 432 g/mol. The van der Waals surface area contributed by atoms with Gasteiger partial charge in [0, 0.05) is 45.1 Å². The summed E-state index contributed by atoms with van der Waals surface area (Å²) < 4.78 is 5.38. The molecule has 172 valence electrons. The molecule has 2 unspecified atom stereocenters. The summed E-state index contributed by atoms with van der Waals surface area (Å²) in [6.07, 6.45) is 8.00. The Kier molecular flexibility index (Phi) is 7.92. The molecule has 0 spiro atoms. The van der Waals surface area contributed by atoms with Gasteiger partial charge in [0.2, 0.25) is 5.91 Å². The molecule has 8 nitrogen and oxygen atoms in total. The molecule has 0 aromatic rings. The summed E-state index contributed by atoms with van der Waals surface area (Å²) >= 11 is 0. The van der Waals surface area contributed by atoms with Crippen LogP contribution >= 0.6 is 0 Å². The van der Waals surface area contributed by atoms with Gasteiger partial charge in [0.25, 0.3) is 5.91 Å². The first-order valence-corrected chi connectivity index (χ1v) is 10.7. The Morgan fingerprint density at radius 3 is 2.45 bits per heavy atom. The van der Waals surface area contributed by atoms with Crippen LogP contribution in [0.4, 0.5) is 4.79 Å². The molecule has 3 amide bonds. The predicted molar refractivity (Wildman–Crippen MR) is 120 cm³/mol. The molecule has 1 fully saturated rings. The number of carbonyl (C=O) groups excluding carboxylic acids is 3. The highest BCUT2D eigenvalue weighted by Crippen LogP contribution is 2.22. The first-order valence-electron chi connectivity index (χ1n) is 10.7. The largest absolute Gasteiger partial charge is 0.444 e. The maximum atomic E-state index is 12.7. The molecule has 0 bridgehead atoms. The van der Waals surface area contributed by atoms with Crippen LogP contribution in [0.2, 0.25) is 0 Å². The summed E-state index contributed by atoms with van der Waals surface area (Å²) in [6.45, 7) is 10.6. The topological polar surface area (TPSA) is 82.2 Å². The summed E-state index contributed by atoms with van der Waals surface area (Å²) in [4.78, 5) is 42.0. The highest BCUT2D eigenvalue weighted by molar-refractivity contribution is 5.96. The summed E-state index contributed by atoms with van der Waals surface area (Å²) in [7, 11) is 3.52. The maximum absolute atomic E-state index is 12.7. The minimum Gasteiger partial charge on any atom is -0.444 e. The molecule has 2 aliphatic heterocycles. The van der Waals surface area contributed by atoms with Gasteiger partial charge >= 0.3 is 6.09 Å². The highest BCUT2D eigenvalue weighted by Gasteiger charge is 2.33. The number of nitrogens with one attached hydrogen (secondary N) is 1. The highest BCUT2D eigenvalue weighted by atomic mass is 16.6. The maximum Gasteiger partial charge on any atom is 0.410 e. The molecular weight excluding hydrogens is 396 g/mol. The standard InChI is InChI=1S/C23H36N4O4/c1-16(8-10-19-11-9-18(14-25(19)7)21(29)24-6)17(2)27-13-12-26(15-20(27)28)22(30)31-23(3,4)5/h9-11,14,16-17H,8,12-13,15H2,1-7H3,(H,24,29)/b19-10+. The lowest BCUT2D eigenvalue weighted by Gasteiger charge is -2.40. The molecule has 8 heteroatoms. The van der Waals surface area contributed by atoms with Crippen molar-refractivity contribution in [1.29, 1.82) is 0 Å². The van der Waals surface area contributed by atoms with E-state index in [2.05, 4.69) is 18.3 Å². The van der Waals surface area contributed by atoms with Gasteiger partial charge in [-0.3, -0.25) is 14.5 Å². The number of hydrogen-bond acceptors (Lipinski definition) is 5. The quantitative estimate of drug-likeness (QED) is 0.722. The lowest BCUT2D eigenvalue weighted by Crippen LogP contribution is -2.56. The van der Waals surface area contributed by atoms with Gasteiger partial charge < -0.3 is 19.9 Å². The van der Waals surface area contributed by atoms with Gasteiger partial charge in [-0.05, 0) is 52.2 Å². The van der Waals surface area contributed by atoms with Crippen molar-refractivity contribution in [3.8, 4) is 0 Å². The van der Waals surface area contributed by atoms with E-state index in [1.54, 1.807) is 19.3 Å². The van der Waals surface area contributed by atoms with E-state index in [0.717, 1.165) is 12.1 Å². The zero-order valence-electron chi connectivity index (χ0n) is 19.8. The molecule has 2 aliphatic rings. The summed E-state index contributed by atoms with van der Waals surface area (Å²) in [5.74, 6) is 0.0563. The smallest absolute Gasteiger partial charge is 0.410 e. The van der Waals surface area contributed by atoms with Crippen LogP contribution in [0, 0.1) is 5.92 Å². The second-order valence-electron chi connectivity index (χ2n) is 9.18. The third kappa shape index (κ3) is 6.60. The molecule has 1 saturated heterocycles. The number of piperazine rings is 1. The van der Waals surface area contributed by atoms with Crippen LogP contribution in [0.1, 0.15) is 41.0 Å². The minimum absolute atomic E-state index is 0.0417. The molecule has 2 rings (SSSR count).